The van der Waals surface area contributed by atoms with Crippen molar-refractivity contribution in [2.75, 3.05) is 5.32 Å². The Balaban J connectivity index is 1.60. The predicted molar refractivity (Wildman–Crippen MR) is 123 cm³/mol. The minimum absolute atomic E-state index is 0.114. The summed E-state index contributed by atoms with van der Waals surface area (Å²) in [4.78, 5) is 32.0. The summed E-state index contributed by atoms with van der Waals surface area (Å²) in [5.74, 6) is 11.0. The quantitative estimate of drug-likeness (QED) is 0.204. The lowest BCUT2D eigenvalue weighted by Crippen LogP contribution is -2.30. The fraction of sp³-hybridized carbons (Fsp3) is 0.0400. The maximum absolute atomic E-state index is 12.2. The van der Waals surface area contributed by atoms with E-state index in [1.807, 2.05) is 48.5 Å². The number of benzene rings is 2. The van der Waals surface area contributed by atoms with Crippen LogP contribution in [-0.4, -0.2) is 21.8 Å². The summed E-state index contributed by atoms with van der Waals surface area (Å²) in [5.41, 5.74) is 7.14. The number of nitrogen functional groups attached to an aromatic ring is 1. The number of pyridine rings is 2. The van der Waals surface area contributed by atoms with Crippen molar-refractivity contribution >= 4 is 28.4 Å². The molecule has 0 fully saturated rings. The number of rotatable bonds is 3. The first kappa shape index (κ1) is 20.7. The molecular weight excluding hydrogens is 402 g/mol. The number of carbonyl (C=O) groups is 2. The van der Waals surface area contributed by atoms with Crippen molar-refractivity contribution in [2.24, 2.45) is 5.84 Å². The number of anilines is 1. The first-order chi connectivity index (χ1) is 15.5. The van der Waals surface area contributed by atoms with Crippen LogP contribution in [0.2, 0.25) is 0 Å². The normalized spacial score (nSPS) is 10.2. The molecule has 0 aliphatic carbocycles. The van der Waals surface area contributed by atoms with Crippen molar-refractivity contribution in [1.29, 1.82) is 0 Å². The Morgan fingerprint density at radius 3 is 2.22 bits per heavy atom. The van der Waals surface area contributed by atoms with Gasteiger partial charge in [0, 0.05) is 47.1 Å². The Morgan fingerprint density at radius 2 is 1.59 bits per heavy atom. The van der Waals surface area contributed by atoms with E-state index in [2.05, 4.69) is 32.6 Å². The van der Waals surface area contributed by atoms with Gasteiger partial charge >= 0.3 is 0 Å². The average Bonchev–Trinajstić information content (AvgIpc) is 2.82. The minimum atomic E-state index is -0.404. The van der Waals surface area contributed by atoms with Gasteiger partial charge in [-0.3, -0.25) is 20.0 Å². The molecule has 156 valence electrons. The molecular formula is C25H19N5O2. The zero-order valence-corrected chi connectivity index (χ0v) is 17.2. The molecule has 0 aliphatic heterocycles. The number of nitrogens with one attached hydrogen (secondary N) is 2. The zero-order chi connectivity index (χ0) is 22.5. The van der Waals surface area contributed by atoms with E-state index in [1.54, 1.807) is 24.5 Å². The molecule has 7 heteroatoms. The van der Waals surface area contributed by atoms with Crippen molar-refractivity contribution in [2.45, 2.75) is 6.92 Å². The highest BCUT2D eigenvalue weighted by Gasteiger charge is 2.13. The summed E-state index contributed by atoms with van der Waals surface area (Å²) in [6, 6.07) is 18.4. The van der Waals surface area contributed by atoms with E-state index in [-0.39, 0.29) is 5.91 Å². The number of nitrogens with zero attached hydrogens (tertiary/aromatic N) is 2. The van der Waals surface area contributed by atoms with E-state index in [1.165, 1.54) is 6.92 Å². The van der Waals surface area contributed by atoms with E-state index in [4.69, 9.17) is 5.84 Å². The van der Waals surface area contributed by atoms with Crippen LogP contribution in [0, 0.1) is 11.8 Å². The Morgan fingerprint density at radius 1 is 0.938 bits per heavy atom. The number of hydrogen-bond donors (Lipinski definition) is 3. The topological polar surface area (TPSA) is 110 Å². The smallest absolute Gasteiger partial charge is 0.265 e. The van der Waals surface area contributed by atoms with Gasteiger partial charge in [-0.15, -0.1) is 0 Å². The van der Waals surface area contributed by atoms with Gasteiger partial charge < -0.3 is 5.32 Å². The molecule has 0 bridgehead atoms. The van der Waals surface area contributed by atoms with Crippen molar-refractivity contribution in [3.8, 4) is 23.1 Å². The standard InChI is InChI=1S/C25H19N5O2/c1-16(31)28-20-10-6-18(7-11-20)3-2-17-4-8-19(9-5-17)24-14-21(25(32)30-26)22-15-27-13-12-23(22)29-24/h4-15H,26H2,1H3,(H,28,31)(H,30,32). The van der Waals surface area contributed by atoms with E-state index in [0.29, 0.717) is 22.2 Å². The van der Waals surface area contributed by atoms with Crippen LogP contribution in [0.3, 0.4) is 0 Å². The van der Waals surface area contributed by atoms with Crippen molar-refractivity contribution in [1.82, 2.24) is 15.4 Å². The molecule has 2 amide bonds. The van der Waals surface area contributed by atoms with Crippen molar-refractivity contribution < 1.29 is 9.59 Å². The molecule has 7 nitrogen and oxygen atoms in total. The van der Waals surface area contributed by atoms with E-state index in [0.717, 1.165) is 22.4 Å². The molecule has 2 heterocycles. The van der Waals surface area contributed by atoms with Crippen LogP contribution in [0.1, 0.15) is 28.4 Å². The van der Waals surface area contributed by atoms with Crippen LogP contribution in [0.4, 0.5) is 5.69 Å². The zero-order valence-electron chi connectivity index (χ0n) is 17.2. The van der Waals surface area contributed by atoms with Gasteiger partial charge in [-0.05, 0) is 48.5 Å². The summed E-state index contributed by atoms with van der Waals surface area (Å²) >= 11 is 0. The molecule has 0 unspecified atom stereocenters. The lowest BCUT2D eigenvalue weighted by molar-refractivity contribution is -0.114. The fourth-order valence-corrected chi connectivity index (χ4v) is 3.19. The molecule has 0 aliphatic rings. The lowest BCUT2D eigenvalue weighted by Gasteiger charge is -2.08. The highest BCUT2D eigenvalue weighted by molar-refractivity contribution is 6.06. The molecule has 4 aromatic rings. The molecule has 0 saturated heterocycles. The maximum atomic E-state index is 12.2. The SMILES string of the molecule is CC(=O)Nc1ccc(C#Cc2ccc(-c3cc(C(=O)NN)c4cnccc4n3)cc2)cc1. The highest BCUT2D eigenvalue weighted by Crippen LogP contribution is 2.24. The van der Waals surface area contributed by atoms with Crippen LogP contribution in [0.25, 0.3) is 22.2 Å². The molecule has 2 aromatic heterocycles. The molecule has 0 saturated carbocycles. The van der Waals surface area contributed by atoms with Crippen LogP contribution >= 0.6 is 0 Å². The van der Waals surface area contributed by atoms with Crippen molar-refractivity contribution in [3.63, 3.8) is 0 Å². The van der Waals surface area contributed by atoms with Crippen molar-refractivity contribution in [3.05, 3.63) is 89.7 Å². The number of carbonyl (C=O) groups excluding carboxylic acids is 2. The summed E-state index contributed by atoms with van der Waals surface area (Å²) in [5, 5.41) is 3.36. The summed E-state index contributed by atoms with van der Waals surface area (Å²) in [6.45, 7) is 1.47. The average molecular weight is 421 g/mol. The molecule has 0 spiro atoms. The van der Waals surface area contributed by atoms with Crippen LogP contribution in [0.5, 0.6) is 0 Å². The predicted octanol–water partition coefficient (Wildman–Crippen LogP) is 3.26. The Labute approximate surface area is 184 Å². The number of fused-ring (bicyclic) bond motifs is 1. The second kappa shape index (κ2) is 9.08. The Bertz CT molecular complexity index is 1370. The van der Waals surface area contributed by atoms with E-state index >= 15 is 0 Å². The third kappa shape index (κ3) is 4.61. The van der Waals surface area contributed by atoms with Gasteiger partial charge in [0.1, 0.15) is 0 Å². The highest BCUT2D eigenvalue weighted by atomic mass is 16.2. The van der Waals surface area contributed by atoms with Gasteiger partial charge in [0.15, 0.2) is 0 Å². The summed E-state index contributed by atoms with van der Waals surface area (Å²) < 4.78 is 0. The first-order valence-corrected chi connectivity index (χ1v) is 9.79. The van der Waals surface area contributed by atoms with E-state index in [9.17, 15) is 9.59 Å². The second-order valence-corrected chi connectivity index (χ2v) is 7.01. The Kier molecular flexibility index (Phi) is 5.88. The number of amides is 2. The summed E-state index contributed by atoms with van der Waals surface area (Å²) in [6.07, 6.45) is 3.22. The number of nitrogens with two attached hydrogens (primary N) is 1. The molecule has 32 heavy (non-hydrogen) atoms. The van der Waals surface area contributed by atoms with Gasteiger partial charge in [0.2, 0.25) is 5.91 Å². The number of aromatic nitrogens is 2. The van der Waals surface area contributed by atoms with Gasteiger partial charge in [-0.25, -0.2) is 10.8 Å². The van der Waals surface area contributed by atoms with Gasteiger partial charge in [-0.2, -0.15) is 0 Å². The Hall–Kier alpha value is -4.54. The maximum Gasteiger partial charge on any atom is 0.265 e. The summed E-state index contributed by atoms with van der Waals surface area (Å²) in [7, 11) is 0. The minimum Gasteiger partial charge on any atom is -0.326 e. The third-order valence-electron chi connectivity index (χ3n) is 4.72. The first-order valence-electron chi connectivity index (χ1n) is 9.79. The van der Waals surface area contributed by atoms with Crippen LogP contribution in [-0.2, 0) is 4.79 Å². The molecule has 0 radical (unpaired) electrons. The number of hydrogen-bond acceptors (Lipinski definition) is 5. The second-order valence-electron chi connectivity index (χ2n) is 7.01. The molecule has 4 rings (SSSR count). The molecule has 4 N–H and O–H groups in total. The van der Waals surface area contributed by atoms with Crippen LogP contribution < -0.4 is 16.6 Å². The van der Waals surface area contributed by atoms with Crippen LogP contribution in [0.15, 0.2) is 73.1 Å². The number of hydrazine groups is 1. The monoisotopic (exact) mass is 421 g/mol. The van der Waals surface area contributed by atoms with E-state index < -0.39 is 5.91 Å². The van der Waals surface area contributed by atoms with Gasteiger partial charge in [0.25, 0.3) is 5.91 Å². The molecule has 0 atom stereocenters. The van der Waals surface area contributed by atoms with Gasteiger partial charge in [-0.1, -0.05) is 24.0 Å². The largest absolute Gasteiger partial charge is 0.326 e. The fourth-order valence-electron chi connectivity index (χ4n) is 3.19. The van der Waals surface area contributed by atoms with Gasteiger partial charge in [0.05, 0.1) is 16.8 Å². The third-order valence-corrected chi connectivity index (χ3v) is 4.72. The lowest BCUT2D eigenvalue weighted by atomic mass is 10.0. The molecule has 2 aromatic carbocycles.